The van der Waals surface area contributed by atoms with Crippen molar-refractivity contribution < 1.29 is 19.4 Å². The molecule has 3 rings (SSSR count). The van der Waals surface area contributed by atoms with E-state index in [0.29, 0.717) is 16.9 Å². The van der Waals surface area contributed by atoms with Crippen molar-refractivity contribution in [3.63, 3.8) is 0 Å². The number of benzene rings is 2. The highest BCUT2D eigenvalue weighted by Crippen LogP contribution is 2.27. The molecule has 3 aromatic rings. The molecule has 0 amide bonds. The summed E-state index contributed by atoms with van der Waals surface area (Å²) in [5.74, 6) is -0.454. The third-order valence-corrected chi connectivity index (χ3v) is 4.00. The van der Waals surface area contributed by atoms with Crippen molar-refractivity contribution in [3.8, 4) is 28.8 Å². The van der Waals surface area contributed by atoms with Gasteiger partial charge in [-0.15, -0.1) is 0 Å². The van der Waals surface area contributed by atoms with E-state index in [2.05, 4.69) is 20.5 Å². The monoisotopic (exact) mass is 419 g/mol. The van der Waals surface area contributed by atoms with Crippen LogP contribution in [0.25, 0.3) is 11.3 Å². The van der Waals surface area contributed by atoms with Gasteiger partial charge in [0.15, 0.2) is 18.1 Å². The van der Waals surface area contributed by atoms with Crippen molar-refractivity contribution >= 4 is 18.1 Å². The highest BCUT2D eigenvalue weighted by molar-refractivity contribution is 5.81. The van der Waals surface area contributed by atoms with E-state index in [9.17, 15) is 14.9 Å². The number of hydrogen-bond donors (Lipinski definition) is 3. The number of nitrogens with one attached hydrogen (secondary N) is 2. The van der Waals surface area contributed by atoms with Gasteiger partial charge in [-0.25, -0.2) is 15.2 Å². The zero-order valence-electron chi connectivity index (χ0n) is 16.3. The number of hydrogen-bond acceptors (Lipinski definition) is 8. The lowest BCUT2D eigenvalue weighted by molar-refractivity contribution is -0.139. The summed E-state index contributed by atoms with van der Waals surface area (Å²) in [6, 6.07) is 15.6. The van der Waals surface area contributed by atoms with Gasteiger partial charge in [-0.2, -0.15) is 10.4 Å². The molecule has 2 aromatic carbocycles. The normalized spacial score (nSPS) is 10.5. The first kappa shape index (κ1) is 21.1. The Morgan fingerprint density at radius 3 is 2.74 bits per heavy atom. The predicted molar refractivity (Wildman–Crippen MR) is 112 cm³/mol. The fourth-order valence-electron chi connectivity index (χ4n) is 2.63. The van der Waals surface area contributed by atoms with Crippen LogP contribution in [0.2, 0.25) is 0 Å². The highest BCUT2D eigenvalue weighted by atomic mass is 16.5. The van der Waals surface area contributed by atoms with Crippen LogP contribution in [0.4, 0.5) is 5.95 Å². The number of nitriles is 1. The van der Waals surface area contributed by atoms with Crippen LogP contribution in [0.1, 0.15) is 11.1 Å². The van der Waals surface area contributed by atoms with E-state index >= 15 is 0 Å². The molecule has 0 fully saturated rings. The van der Waals surface area contributed by atoms with Gasteiger partial charge in [0.2, 0.25) is 5.95 Å². The molecule has 0 saturated carbocycles. The van der Waals surface area contributed by atoms with Crippen LogP contribution in [0.5, 0.6) is 11.5 Å². The van der Waals surface area contributed by atoms with Crippen molar-refractivity contribution in [3.05, 3.63) is 70.0 Å². The number of aromatic amines is 1. The summed E-state index contributed by atoms with van der Waals surface area (Å²) in [6.45, 7) is -0.520. The molecule has 1 heterocycles. The van der Waals surface area contributed by atoms with Crippen molar-refractivity contribution in [2.75, 3.05) is 19.1 Å². The third kappa shape index (κ3) is 5.24. The molecule has 0 spiro atoms. The first-order valence-electron chi connectivity index (χ1n) is 8.93. The summed E-state index contributed by atoms with van der Waals surface area (Å²) in [4.78, 5) is 29.7. The number of anilines is 1. The van der Waals surface area contributed by atoms with Gasteiger partial charge in [-0.3, -0.25) is 9.78 Å². The Hall–Kier alpha value is -4.65. The fraction of sp³-hybridized carbons (Fsp3) is 0.0952. The zero-order chi connectivity index (χ0) is 22.2. The molecule has 0 bridgehead atoms. The Balaban J connectivity index is 1.84. The number of ether oxygens (including phenoxy) is 2. The number of H-pyrrole nitrogens is 1. The van der Waals surface area contributed by atoms with Crippen LogP contribution < -0.4 is 20.5 Å². The Morgan fingerprint density at radius 1 is 1.29 bits per heavy atom. The fourth-order valence-corrected chi connectivity index (χ4v) is 2.63. The summed E-state index contributed by atoms with van der Waals surface area (Å²) >= 11 is 0. The Morgan fingerprint density at radius 2 is 2.06 bits per heavy atom. The minimum Gasteiger partial charge on any atom is -0.493 e. The van der Waals surface area contributed by atoms with Crippen molar-refractivity contribution in [1.82, 2.24) is 9.97 Å². The number of methoxy groups -OCH3 is 1. The highest BCUT2D eigenvalue weighted by Gasteiger charge is 2.13. The smallest absolute Gasteiger partial charge is 0.341 e. The number of carboxylic acids is 1. The first-order chi connectivity index (χ1) is 15.0. The lowest BCUT2D eigenvalue weighted by atomic mass is 10.1. The minimum atomic E-state index is -1.12. The van der Waals surface area contributed by atoms with Gasteiger partial charge in [-0.05, 0) is 23.8 Å². The Kier molecular flexibility index (Phi) is 6.60. The molecule has 10 heteroatoms. The lowest BCUT2D eigenvalue weighted by Gasteiger charge is -2.09. The van der Waals surface area contributed by atoms with Crippen LogP contribution in [0, 0.1) is 11.3 Å². The number of carboxylic acid groups (broad SMARTS) is 1. The summed E-state index contributed by atoms with van der Waals surface area (Å²) < 4.78 is 10.3. The predicted octanol–water partition coefficient (Wildman–Crippen LogP) is 2.23. The number of hydrazone groups is 1. The summed E-state index contributed by atoms with van der Waals surface area (Å²) in [5.41, 5.74) is 3.36. The van der Waals surface area contributed by atoms with E-state index in [1.54, 1.807) is 42.5 Å². The van der Waals surface area contributed by atoms with E-state index < -0.39 is 18.1 Å². The zero-order valence-corrected chi connectivity index (χ0v) is 16.3. The number of nitrogens with zero attached hydrogens (tertiary/aromatic N) is 3. The third-order valence-electron chi connectivity index (χ3n) is 4.00. The van der Waals surface area contributed by atoms with Gasteiger partial charge < -0.3 is 14.6 Å². The van der Waals surface area contributed by atoms with Gasteiger partial charge in [0, 0.05) is 5.56 Å². The molecular weight excluding hydrogens is 402 g/mol. The molecule has 31 heavy (non-hydrogen) atoms. The molecule has 0 radical (unpaired) electrons. The number of carbonyl (C=O) groups is 1. The molecule has 0 aliphatic heterocycles. The molecule has 0 aliphatic carbocycles. The topological polar surface area (TPSA) is 150 Å². The average Bonchev–Trinajstić information content (AvgIpc) is 2.78. The Labute approximate surface area is 176 Å². The summed E-state index contributed by atoms with van der Waals surface area (Å²) in [6.07, 6.45) is 1.42. The largest absolute Gasteiger partial charge is 0.493 e. The summed E-state index contributed by atoms with van der Waals surface area (Å²) in [5, 5.41) is 22.1. The van der Waals surface area contributed by atoms with Crippen LogP contribution in [0.15, 0.2) is 58.4 Å². The van der Waals surface area contributed by atoms with Crippen molar-refractivity contribution in [2.45, 2.75) is 0 Å². The van der Waals surface area contributed by atoms with E-state index in [0.717, 1.165) is 0 Å². The molecule has 0 aliphatic rings. The Bertz CT molecular complexity index is 1220. The minimum absolute atomic E-state index is 0.0509. The van der Waals surface area contributed by atoms with E-state index in [1.807, 2.05) is 12.1 Å². The van der Waals surface area contributed by atoms with Gasteiger partial charge in [0.25, 0.3) is 5.56 Å². The maximum absolute atomic E-state index is 12.3. The molecule has 156 valence electrons. The summed E-state index contributed by atoms with van der Waals surface area (Å²) in [7, 11) is 1.44. The molecule has 1 aromatic heterocycles. The van der Waals surface area contributed by atoms with Crippen molar-refractivity contribution in [2.24, 2.45) is 5.10 Å². The second-order valence-corrected chi connectivity index (χ2v) is 6.08. The second kappa shape index (κ2) is 9.71. The maximum Gasteiger partial charge on any atom is 0.341 e. The maximum atomic E-state index is 12.3. The molecule has 3 N–H and O–H groups in total. The van der Waals surface area contributed by atoms with Crippen LogP contribution in [-0.2, 0) is 4.79 Å². The molecule has 0 saturated heterocycles. The van der Waals surface area contributed by atoms with E-state index in [-0.39, 0.29) is 23.0 Å². The molecular formula is C21H17N5O5. The number of aliphatic carboxylic acids is 1. The van der Waals surface area contributed by atoms with E-state index in [4.69, 9.17) is 14.6 Å². The van der Waals surface area contributed by atoms with Crippen LogP contribution in [-0.4, -0.2) is 41.0 Å². The SMILES string of the molecule is COc1ccc(C=NNc2nc(-c3ccccc3)c(C#N)c(=O)[nH]2)cc1OCC(=O)O. The standard InChI is InChI=1S/C21H17N5O5/c1-30-16-8-7-13(9-17(16)31-12-18(27)28)11-23-26-21-24-19(14-5-3-2-4-6-14)15(10-22)20(29)25-21/h2-9,11H,12H2,1H3,(H,27,28)(H2,24,25,26,29). The first-order valence-corrected chi connectivity index (χ1v) is 8.93. The van der Waals surface area contributed by atoms with E-state index in [1.165, 1.54) is 13.3 Å². The number of rotatable bonds is 8. The van der Waals surface area contributed by atoms with Crippen molar-refractivity contribution in [1.29, 1.82) is 5.26 Å². The average molecular weight is 419 g/mol. The van der Waals surface area contributed by atoms with Crippen LogP contribution in [0.3, 0.4) is 0 Å². The molecule has 0 unspecified atom stereocenters. The lowest BCUT2D eigenvalue weighted by Crippen LogP contribution is -2.16. The van der Waals surface area contributed by atoms with Gasteiger partial charge in [0.05, 0.1) is 19.0 Å². The second-order valence-electron chi connectivity index (χ2n) is 6.08. The van der Waals surface area contributed by atoms with Gasteiger partial charge >= 0.3 is 5.97 Å². The number of aromatic nitrogens is 2. The molecule has 10 nitrogen and oxygen atoms in total. The quantitative estimate of drug-likeness (QED) is 0.372. The molecule has 0 atom stereocenters. The van der Waals surface area contributed by atoms with Gasteiger partial charge in [-0.1, -0.05) is 30.3 Å². The van der Waals surface area contributed by atoms with Gasteiger partial charge in [0.1, 0.15) is 11.6 Å². The van der Waals surface area contributed by atoms with Crippen LogP contribution >= 0.6 is 0 Å².